The van der Waals surface area contributed by atoms with Gasteiger partial charge in [-0.3, -0.25) is 4.79 Å². The first kappa shape index (κ1) is 17.3. The van der Waals surface area contributed by atoms with E-state index in [-0.39, 0.29) is 5.91 Å². The van der Waals surface area contributed by atoms with Gasteiger partial charge in [-0.05, 0) is 42.0 Å². The van der Waals surface area contributed by atoms with Crippen molar-refractivity contribution in [1.29, 1.82) is 0 Å². The van der Waals surface area contributed by atoms with Crippen LogP contribution in [0.5, 0.6) is 0 Å². The number of amides is 1. The Labute approximate surface area is 144 Å². The number of benzene rings is 2. The minimum Gasteiger partial charge on any atom is -0.465 e. The van der Waals surface area contributed by atoms with E-state index in [2.05, 4.69) is 4.74 Å². The molecule has 0 fully saturated rings. The molecule has 4 nitrogen and oxygen atoms in total. The van der Waals surface area contributed by atoms with Gasteiger partial charge >= 0.3 is 5.97 Å². The normalized spacial score (nSPS) is 10.3. The van der Waals surface area contributed by atoms with Gasteiger partial charge in [0.15, 0.2) is 0 Å². The summed E-state index contributed by atoms with van der Waals surface area (Å²) in [5, 5.41) is 1.06. The summed E-state index contributed by atoms with van der Waals surface area (Å²) in [6, 6.07) is 11.5. The standard InChI is InChI=1S/C17H15Cl2NO3/c1-20(10-13-7-8-14(18)9-15(13)19)16(21)11-3-5-12(6-4-11)17(22)23-2/h3-9H,10H2,1-2H3. The Kier molecular flexibility index (Phi) is 5.64. The van der Waals surface area contributed by atoms with Gasteiger partial charge in [0.25, 0.3) is 5.91 Å². The number of halogens is 2. The van der Waals surface area contributed by atoms with Crippen LogP contribution in [0, 0.1) is 0 Å². The predicted octanol–water partition coefficient (Wildman–Crippen LogP) is 4.05. The lowest BCUT2D eigenvalue weighted by atomic mass is 10.1. The van der Waals surface area contributed by atoms with Gasteiger partial charge in [-0.2, -0.15) is 0 Å². The summed E-state index contributed by atoms with van der Waals surface area (Å²) in [6.07, 6.45) is 0. The summed E-state index contributed by atoms with van der Waals surface area (Å²) in [5.41, 5.74) is 1.68. The summed E-state index contributed by atoms with van der Waals surface area (Å²) in [6.45, 7) is 0.355. The van der Waals surface area contributed by atoms with Gasteiger partial charge < -0.3 is 9.64 Å². The zero-order valence-electron chi connectivity index (χ0n) is 12.7. The van der Waals surface area contributed by atoms with Gasteiger partial charge in [-0.25, -0.2) is 4.79 Å². The van der Waals surface area contributed by atoms with Crippen LogP contribution in [0.25, 0.3) is 0 Å². The van der Waals surface area contributed by atoms with E-state index in [9.17, 15) is 9.59 Å². The molecular weight excluding hydrogens is 337 g/mol. The number of ether oxygens (including phenoxy) is 1. The second-order valence-corrected chi connectivity index (χ2v) is 5.81. The molecule has 23 heavy (non-hydrogen) atoms. The van der Waals surface area contributed by atoms with Crippen LogP contribution < -0.4 is 0 Å². The van der Waals surface area contributed by atoms with Crippen LogP contribution in [0.4, 0.5) is 0 Å². The van der Waals surface area contributed by atoms with Crippen molar-refractivity contribution in [2.24, 2.45) is 0 Å². The number of rotatable bonds is 4. The van der Waals surface area contributed by atoms with Crippen LogP contribution in [-0.4, -0.2) is 30.9 Å². The van der Waals surface area contributed by atoms with Gasteiger partial charge in [-0.1, -0.05) is 29.3 Å². The highest BCUT2D eigenvalue weighted by atomic mass is 35.5. The van der Waals surface area contributed by atoms with Crippen LogP contribution in [0.2, 0.25) is 10.0 Å². The van der Waals surface area contributed by atoms with Crippen molar-refractivity contribution < 1.29 is 14.3 Å². The van der Waals surface area contributed by atoms with Crippen molar-refractivity contribution >= 4 is 35.1 Å². The minimum absolute atomic E-state index is 0.174. The third-order valence-electron chi connectivity index (χ3n) is 3.32. The van der Waals surface area contributed by atoms with E-state index in [1.807, 2.05) is 0 Å². The van der Waals surface area contributed by atoms with E-state index in [4.69, 9.17) is 23.2 Å². The number of carbonyl (C=O) groups is 2. The molecule has 6 heteroatoms. The molecule has 120 valence electrons. The highest BCUT2D eigenvalue weighted by Crippen LogP contribution is 2.22. The first-order chi connectivity index (χ1) is 10.9. The summed E-state index contributed by atoms with van der Waals surface area (Å²) in [4.78, 5) is 25.4. The molecule has 0 aliphatic heterocycles. The number of nitrogens with zero attached hydrogens (tertiary/aromatic N) is 1. The number of methoxy groups -OCH3 is 1. The third kappa shape index (κ3) is 4.24. The van der Waals surface area contributed by atoms with Crippen LogP contribution >= 0.6 is 23.2 Å². The number of esters is 1. The lowest BCUT2D eigenvalue weighted by Crippen LogP contribution is -2.26. The Bertz CT molecular complexity index is 729. The second-order valence-electron chi connectivity index (χ2n) is 4.97. The summed E-state index contributed by atoms with van der Waals surface area (Å²) in [5.74, 6) is -0.613. The molecule has 1 amide bonds. The average molecular weight is 352 g/mol. The van der Waals surface area contributed by atoms with E-state index in [1.165, 1.54) is 7.11 Å². The van der Waals surface area contributed by atoms with Crippen LogP contribution in [0.15, 0.2) is 42.5 Å². The fraction of sp³-hybridized carbons (Fsp3) is 0.176. The quantitative estimate of drug-likeness (QED) is 0.780. The monoisotopic (exact) mass is 351 g/mol. The molecule has 0 aromatic heterocycles. The number of carbonyl (C=O) groups excluding carboxylic acids is 2. The number of hydrogen-bond donors (Lipinski definition) is 0. The van der Waals surface area contributed by atoms with Crippen LogP contribution in [-0.2, 0) is 11.3 Å². The SMILES string of the molecule is COC(=O)c1ccc(C(=O)N(C)Cc2ccc(Cl)cc2Cl)cc1. The van der Waals surface area contributed by atoms with Gasteiger partial charge in [-0.15, -0.1) is 0 Å². The van der Waals surface area contributed by atoms with Crippen molar-refractivity contribution in [3.05, 3.63) is 69.2 Å². The van der Waals surface area contributed by atoms with E-state index >= 15 is 0 Å². The Morgan fingerprint density at radius 2 is 1.65 bits per heavy atom. The molecule has 0 saturated heterocycles. The molecule has 0 heterocycles. The van der Waals surface area contributed by atoms with Crippen molar-refractivity contribution in [2.45, 2.75) is 6.54 Å². The van der Waals surface area contributed by atoms with Crippen molar-refractivity contribution in [3.63, 3.8) is 0 Å². The topological polar surface area (TPSA) is 46.6 Å². The van der Waals surface area contributed by atoms with E-state index in [0.29, 0.717) is 27.7 Å². The molecule has 2 rings (SSSR count). The second kappa shape index (κ2) is 7.49. The third-order valence-corrected chi connectivity index (χ3v) is 3.91. The molecule has 2 aromatic rings. The Morgan fingerprint density at radius 3 is 2.22 bits per heavy atom. The Balaban J connectivity index is 2.11. The maximum atomic E-state index is 12.4. The lowest BCUT2D eigenvalue weighted by Gasteiger charge is -2.18. The smallest absolute Gasteiger partial charge is 0.337 e. The van der Waals surface area contributed by atoms with E-state index < -0.39 is 5.97 Å². The van der Waals surface area contributed by atoms with Crippen LogP contribution in [0.3, 0.4) is 0 Å². The largest absolute Gasteiger partial charge is 0.465 e. The summed E-state index contributed by atoms with van der Waals surface area (Å²) >= 11 is 12.0. The molecule has 0 aliphatic rings. The maximum absolute atomic E-state index is 12.4. The molecule has 0 saturated carbocycles. The molecule has 0 N–H and O–H groups in total. The number of hydrogen-bond acceptors (Lipinski definition) is 3. The zero-order chi connectivity index (χ0) is 17.0. The Hall–Kier alpha value is -2.04. The van der Waals surface area contributed by atoms with E-state index in [1.54, 1.807) is 54.4 Å². The summed E-state index contributed by atoms with van der Waals surface area (Å²) < 4.78 is 4.63. The first-order valence-corrected chi connectivity index (χ1v) is 7.55. The first-order valence-electron chi connectivity index (χ1n) is 6.80. The molecule has 0 radical (unpaired) electrons. The van der Waals surface area contributed by atoms with Gasteiger partial charge in [0.1, 0.15) is 0 Å². The molecule has 0 atom stereocenters. The highest BCUT2D eigenvalue weighted by molar-refractivity contribution is 6.35. The fourth-order valence-corrected chi connectivity index (χ4v) is 2.53. The van der Waals surface area contributed by atoms with Gasteiger partial charge in [0.2, 0.25) is 0 Å². The summed E-state index contributed by atoms with van der Waals surface area (Å²) in [7, 11) is 2.99. The average Bonchev–Trinajstić information content (AvgIpc) is 2.56. The zero-order valence-corrected chi connectivity index (χ0v) is 14.2. The van der Waals surface area contributed by atoms with Crippen molar-refractivity contribution in [3.8, 4) is 0 Å². The van der Waals surface area contributed by atoms with Crippen LogP contribution in [0.1, 0.15) is 26.3 Å². The molecular formula is C17H15Cl2NO3. The molecule has 0 unspecified atom stereocenters. The lowest BCUT2D eigenvalue weighted by molar-refractivity contribution is 0.0600. The Morgan fingerprint density at radius 1 is 1.04 bits per heavy atom. The predicted molar refractivity (Wildman–Crippen MR) is 90.0 cm³/mol. The molecule has 2 aromatic carbocycles. The molecule has 0 aliphatic carbocycles. The molecule has 0 bridgehead atoms. The maximum Gasteiger partial charge on any atom is 0.337 e. The van der Waals surface area contributed by atoms with Gasteiger partial charge in [0.05, 0.1) is 12.7 Å². The van der Waals surface area contributed by atoms with E-state index in [0.717, 1.165) is 5.56 Å². The fourth-order valence-electron chi connectivity index (χ4n) is 2.06. The minimum atomic E-state index is -0.440. The van der Waals surface area contributed by atoms with Crippen molar-refractivity contribution in [1.82, 2.24) is 4.90 Å². The van der Waals surface area contributed by atoms with Crippen molar-refractivity contribution in [2.75, 3.05) is 14.2 Å². The molecule has 0 spiro atoms. The highest BCUT2D eigenvalue weighted by Gasteiger charge is 2.14. The van der Waals surface area contributed by atoms with Gasteiger partial charge in [0, 0.05) is 29.2 Å².